The Labute approximate surface area is 136 Å². The summed E-state index contributed by atoms with van der Waals surface area (Å²) in [5, 5.41) is 13.4. The molecule has 1 aromatic rings. The molecule has 0 aliphatic rings. The maximum Gasteiger partial charge on any atom is 0.269 e. The van der Waals surface area contributed by atoms with E-state index in [2.05, 4.69) is 12.2 Å². The third kappa shape index (κ3) is 6.47. The van der Waals surface area contributed by atoms with Crippen LogP contribution in [0.4, 0.5) is 5.69 Å². The molecular weight excluding hydrogens is 300 g/mol. The number of non-ortho nitro benzene ring substituents is 1. The largest absolute Gasteiger partial charge is 0.353 e. The summed E-state index contributed by atoms with van der Waals surface area (Å²) in [4.78, 5) is 23.2. The van der Waals surface area contributed by atoms with Crippen molar-refractivity contribution in [2.24, 2.45) is 0 Å². The van der Waals surface area contributed by atoms with Gasteiger partial charge in [-0.25, -0.2) is 0 Å². The minimum atomic E-state index is -0.428. The first-order valence-corrected chi connectivity index (χ1v) is 8.53. The van der Waals surface area contributed by atoms with E-state index in [9.17, 15) is 14.9 Å². The number of carbonyl (C=O) groups excluding carboxylic acids is 1. The summed E-state index contributed by atoms with van der Waals surface area (Å²) in [6.45, 7) is 6.03. The van der Waals surface area contributed by atoms with Crippen LogP contribution in [0.3, 0.4) is 0 Å². The molecular formula is C16H24N2O3S. The van der Waals surface area contributed by atoms with E-state index in [1.807, 2.05) is 13.8 Å². The number of nitrogens with zero attached hydrogens (tertiary/aromatic N) is 1. The monoisotopic (exact) mass is 324 g/mol. The molecule has 22 heavy (non-hydrogen) atoms. The van der Waals surface area contributed by atoms with Crippen LogP contribution in [0.1, 0.15) is 46.5 Å². The van der Waals surface area contributed by atoms with Crippen molar-refractivity contribution in [2.75, 3.05) is 0 Å². The van der Waals surface area contributed by atoms with Gasteiger partial charge in [0.2, 0.25) is 5.91 Å². The van der Waals surface area contributed by atoms with E-state index in [4.69, 9.17) is 0 Å². The number of hydrogen-bond acceptors (Lipinski definition) is 4. The van der Waals surface area contributed by atoms with E-state index in [1.54, 1.807) is 12.1 Å². The second-order valence-corrected chi connectivity index (χ2v) is 6.83. The fourth-order valence-corrected chi connectivity index (χ4v) is 2.91. The van der Waals surface area contributed by atoms with Gasteiger partial charge in [0, 0.05) is 23.1 Å². The molecule has 1 rings (SSSR count). The Hall–Kier alpha value is -1.56. The van der Waals surface area contributed by atoms with E-state index in [0.29, 0.717) is 0 Å². The molecule has 0 aliphatic heterocycles. The molecule has 2 unspecified atom stereocenters. The van der Waals surface area contributed by atoms with E-state index in [0.717, 1.165) is 17.7 Å². The van der Waals surface area contributed by atoms with Crippen LogP contribution in [-0.2, 0) is 4.79 Å². The molecule has 1 N–H and O–H groups in total. The van der Waals surface area contributed by atoms with Gasteiger partial charge in [-0.2, -0.15) is 0 Å². The van der Waals surface area contributed by atoms with Crippen LogP contribution in [0, 0.1) is 10.1 Å². The van der Waals surface area contributed by atoms with Crippen molar-refractivity contribution in [1.29, 1.82) is 0 Å². The lowest BCUT2D eigenvalue weighted by molar-refractivity contribution is -0.384. The Balaban J connectivity index is 2.44. The molecule has 0 heterocycles. The lowest BCUT2D eigenvalue weighted by atomic mass is 10.1. The van der Waals surface area contributed by atoms with Crippen LogP contribution in [0.5, 0.6) is 0 Å². The van der Waals surface area contributed by atoms with Gasteiger partial charge in [0.25, 0.3) is 5.69 Å². The first kappa shape index (κ1) is 18.5. The Morgan fingerprint density at radius 1 is 1.27 bits per heavy atom. The second kappa shape index (κ2) is 9.46. The molecule has 2 atom stereocenters. The highest BCUT2D eigenvalue weighted by molar-refractivity contribution is 8.00. The van der Waals surface area contributed by atoms with Crippen molar-refractivity contribution in [3.8, 4) is 0 Å². The Bertz CT molecular complexity index is 491. The number of nitro benzene ring substituents is 1. The molecule has 0 bridgehead atoms. The fourth-order valence-electron chi connectivity index (χ4n) is 2.04. The topological polar surface area (TPSA) is 72.2 Å². The molecule has 0 fully saturated rings. The summed E-state index contributed by atoms with van der Waals surface area (Å²) in [6.07, 6.45) is 4.48. The number of thioether (sulfide) groups is 1. The van der Waals surface area contributed by atoms with Crippen molar-refractivity contribution in [3.05, 3.63) is 34.4 Å². The maximum absolute atomic E-state index is 12.1. The molecule has 0 spiro atoms. The van der Waals surface area contributed by atoms with E-state index < -0.39 is 4.92 Å². The number of amides is 1. The van der Waals surface area contributed by atoms with Gasteiger partial charge in [-0.05, 0) is 32.4 Å². The van der Waals surface area contributed by atoms with Crippen LogP contribution >= 0.6 is 11.8 Å². The lowest BCUT2D eigenvalue weighted by Crippen LogP contribution is -2.37. The highest BCUT2D eigenvalue weighted by Crippen LogP contribution is 2.25. The maximum atomic E-state index is 12.1. The minimum absolute atomic E-state index is 0.00681. The van der Waals surface area contributed by atoms with Crippen molar-refractivity contribution >= 4 is 23.4 Å². The van der Waals surface area contributed by atoms with Gasteiger partial charge in [-0.1, -0.05) is 26.2 Å². The van der Waals surface area contributed by atoms with Crippen LogP contribution in [0.2, 0.25) is 0 Å². The molecule has 0 aromatic heterocycles. The van der Waals surface area contributed by atoms with E-state index in [1.165, 1.54) is 36.7 Å². The van der Waals surface area contributed by atoms with Crippen LogP contribution in [0.15, 0.2) is 29.2 Å². The minimum Gasteiger partial charge on any atom is -0.353 e. The lowest BCUT2D eigenvalue weighted by Gasteiger charge is -2.17. The van der Waals surface area contributed by atoms with Gasteiger partial charge in [0.15, 0.2) is 0 Å². The van der Waals surface area contributed by atoms with Crippen molar-refractivity contribution in [1.82, 2.24) is 5.32 Å². The van der Waals surface area contributed by atoms with Crippen molar-refractivity contribution in [3.63, 3.8) is 0 Å². The Morgan fingerprint density at radius 3 is 2.45 bits per heavy atom. The highest BCUT2D eigenvalue weighted by Gasteiger charge is 2.16. The molecule has 1 amide bonds. The predicted molar refractivity (Wildman–Crippen MR) is 90.2 cm³/mol. The fraction of sp³-hybridized carbons (Fsp3) is 0.562. The SMILES string of the molecule is CCCCCC(C)NC(=O)C(C)Sc1ccc([N+](=O)[O-])cc1. The third-order valence-corrected chi connectivity index (χ3v) is 4.47. The Morgan fingerprint density at radius 2 is 1.91 bits per heavy atom. The second-order valence-electron chi connectivity index (χ2n) is 5.42. The van der Waals surface area contributed by atoms with E-state index >= 15 is 0 Å². The molecule has 0 radical (unpaired) electrons. The molecule has 0 saturated heterocycles. The first-order valence-electron chi connectivity index (χ1n) is 7.65. The summed E-state index contributed by atoms with van der Waals surface area (Å²) in [5.41, 5.74) is 0.0611. The average molecular weight is 324 g/mol. The summed E-state index contributed by atoms with van der Waals surface area (Å²) < 4.78 is 0. The summed E-state index contributed by atoms with van der Waals surface area (Å²) in [6, 6.07) is 6.45. The molecule has 122 valence electrons. The normalized spacial score (nSPS) is 13.4. The smallest absolute Gasteiger partial charge is 0.269 e. The van der Waals surface area contributed by atoms with Gasteiger partial charge in [-0.15, -0.1) is 11.8 Å². The van der Waals surface area contributed by atoms with Crippen LogP contribution in [-0.4, -0.2) is 22.1 Å². The first-order chi connectivity index (χ1) is 10.4. The van der Waals surface area contributed by atoms with Crippen LogP contribution < -0.4 is 5.32 Å². The van der Waals surface area contributed by atoms with Gasteiger partial charge >= 0.3 is 0 Å². The van der Waals surface area contributed by atoms with Gasteiger partial charge in [-0.3, -0.25) is 14.9 Å². The average Bonchev–Trinajstić information content (AvgIpc) is 2.47. The summed E-state index contributed by atoms with van der Waals surface area (Å²) in [7, 11) is 0. The summed E-state index contributed by atoms with van der Waals surface area (Å²) >= 11 is 1.41. The zero-order valence-electron chi connectivity index (χ0n) is 13.4. The third-order valence-electron chi connectivity index (χ3n) is 3.36. The van der Waals surface area contributed by atoms with Gasteiger partial charge < -0.3 is 5.32 Å². The molecule has 0 saturated carbocycles. The Kier molecular flexibility index (Phi) is 7.95. The zero-order chi connectivity index (χ0) is 16.5. The quantitative estimate of drug-likeness (QED) is 0.320. The number of nitrogens with one attached hydrogen (secondary N) is 1. The number of unbranched alkanes of at least 4 members (excludes halogenated alkanes) is 2. The van der Waals surface area contributed by atoms with E-state index in [-0.39, 0.29) is 22.9 Å². The van der Waals surface area contributed by atoms with Gasteiger partial charge in [0.1, 0.15) is 0 Å². The molecule has 6 heteroatoms. The number of carbonyl (C=O) groups is 1. The predicted octanol–water partition coefficient (Wildman–Crippen LogP) is 4.16. The number of benzene rings is 1. The highest BCUT2D eigenvalue weighted by atomic mass is 32.2. The van der Waals surface area contributed by atoms with Crippen LogP contribution in [0.25, 0.3) is 0 Å². The summed E-state index contributed by atoms with van der Waals surface area (Å²) in [5.74, 6) is 0.00681. The number of rotatable bonds is 9. The number of nitro groups is 1. The molecule has 5 nitrogen and oxygen atoms in total. The number of hydrogen-bond donors (Lipinski definition) is 1. The zero-order valence-corrected chi connectivity index (χ0v) is 14.2. The standard InChI is InChI=1S/C16H24N2O3S/c1-4-5-6-7-12(2)17-16(19)13(3)22-15-10-8-14(9-11-15)18(20)21/h8-13H,4-7H2,1-3H3,(H,17,19). The van der Waals surface area contributed by atoms with Crippen molar-refractivity contribution < 1.29 is 9.72 Å². The van der Waals surface area contributed by atoms with Gasteiger partial charge in [0.05, 0.1) is 10.2 Å². The van der Waals surface area contributed by atoms with Crippen molar-refractivity contribution in [2.45, 2.75) is 62.6 Å². The molecule has 0 aliphatic carbocycles. The molecule has 1 aromatic carbocycles.